The summed E-state index contributed by atoms with van der Waals surface area (Å²) in [6, 6.07) is 0. The number of hydrogen-bond acceptors (Lipinski definition) is 2. The maximum Gasteiger partial charge on any atom is 0.113 e. The Kier molecular flexibility index (Phi) is 7.88. The summed E-state index contributed by atoms with van der Waals surface area (Å²) < 4.78 is 6.36. The minimum atomic E-state index is 0.691. The zero-order valence-electron chi connectivity index (χ0n) is 7.92. The Morgan fingerprint density at radius 1 is 1.62 bits per heavy atom. The van der Waals surface area contributed by atoms with E-state index in [4.69, 9.17) is 10.5 Å². The molecule has 74 valence electrons. The molecule has 0 heterocycles. The summed E-state index contributed by atoms with van der Waals surface area (Å²) in [4.78, 5) is 0. The Morgan fingerprint density at radius 3 is 2.85 bits per heavy atom. The number of nitrogens with two attached hydrogens (primary N) is 1. The minimum absolute atomic E-state index is 0.691. The maximum absolute atomic E-state index is 5.35. The molecule has 0 saturated heterocycles. The first-order valence-electron chi connectivity index (χ1n) is 4.28. The highest BCUT2D eigenvalue weighted by atomic mass is 127. The average Bonchev–Trinajstić information content (AvgIpc) is 2.05. The third-order valence-corrected chi connectivity index (χ3v) is 2.01. The summed E-state index contributed by atoms with van der Waals surface area (Å²) in [5.74, 6) is 0.691. The molecule has 0 unspecified atom stereocenters. The van der Waals surface area contributed by atoms with Crippen LogP contribution in [0.4, 0.5) is 0 Å². The van der Waals surface area contributed by atoms with Gasteiger partial charge in [-0.25, -0.2) is 0 Å². The molecule has 0 atom stereocenters. The number of ether oxygens (including phenoxy) is 1. The van der Waals surface area contributed by atoms with Crippen LogP contribution in [0.2, 0.25) is 0 Å². The average molecular weight is 293 g/mol. The van der Waals surface area contributed by atoms with Gasteiger partial charge in [-0.3, -0.25) is 0 Å². The van der Waals surface area contributed by atoms with Crippen molar-refractivity contribution in [1.82, 2.24) is 0 Å². The molecule has 0 aromatic rings. The van der Waals surface area contributed by atoms with E-state index < -0.39 is 0 Å². The third-order valence-electron chi connectivity index (χ3n) is 1.34. The lowest BCUT2D eigenvalue weighted by Crippen LogP contribution is -1.91. The maximum atomic E-state index is 5.35. The van der Waals surface area contributed by atoms with Gasteiger partial charge in [0.25, 0.3) is 0 Å². The van der Waals surface area contributed by atoms with Crippen LogP contribution in [-0.2, 0) is 4.74 Å². The van der Waals surface area contributed by atoms with E-state index in [0.29, 0.717) is 5.76 Å². The standard InChI is InChI=1S/C10H16INO/c1-3-4-7-13-9(2)8-10(11)5-6-12/h5-6,8H,2-4,7,12H2,1H3/b6-5-,10-8+. The zero-order valence-corrected chi connectivity index (χ0v) is 10.1. The van der Waals surface area contributed by atoms with Crippen LogP contribution in [0.3, 0.4) is 0 Å². The van der Waals surface area contributed by atoms with E-state index in [2.05, 4.69) is 36.1 Å². The van der Waals surface area contributed by atoms with Gasteiger partial charge in [-0.1, -0.05) is 19.9 Å². The summed E-state index contributed by atoms with van der Waals surface area (Å²) in [5.41, 5.74) is 5.23. The third kappa shape index (κ3) is 7.90. The fourth-order valence-corrected chi connectivity index (χ4v) is 1.24. The number of unbranched alkanes of at least 4 members (excludes halogenated alkanes) is 1. The summed E-state index contributed by atoms with van der Waals surface area (Å²) >= 11 is 2.17. The Labute approximate surface area is 93.7 Å². The van der Waals surface area contributed by atoms with Crippen molar-refractivity contribution in [2.45, 2.75) is 19.8 Å². The second-order valence-corrected chi connectivity index (χ2v) is 3.80. The predicted molar refractivity (Wildman–Crippen MR) is 65.4 cm³/mol. The van der Waals surface area contributed by atoms with Gasteiger partial charge in [0, 0.05) is 3.58 Å². The second-order valence-electron chi connectivity index (χ2n) is 2.56. The normalized spacial score (nSPS) is 12.0. The van der Waals surface area contributed by atoms with E-state index >= 15 is 0 Å². The molecule has 2 nitrogen and oxygen atoms in total. The van der Waals surface area contributed by atoms with Crippen molar-refractivity contribution in [1.29, 1.82) is 0 Å². The molecule has 0 radical (unpaired) electrons. The van der Waals surface area contributed by atoms with Crippen LogP contribution in [0.5, 0.6) is 0 Å². The monoisotopic (exact) mass is 293 g/mol. The molecule has 0 aliphatic heterocycles. The Morgan fingerprint density at radius 2 is 2.31 bits per heavy atom. The van der Waals surface area contributed by atoms with E-state index in [1.54, 1.807) is 6.08 Å². The molecular formula is C10H16INO. The van der Waals surface area contributed by atoms with Gasteiger partial charge in [-0.2, -0.15) is 0 Å². The van der Waals surface area contributed by atoms with Crippen LogP contribution < -0.4 is 5.73 Å². The fourth-order valence-electron chi connectivity index (χ4n) is 0.683. The summed E-state index contributed by atoms with van der Waals surface area (Å²) in [7, 11) is 0. The largest absolute Gasteiger partial charge is 0.494 e. The molecule has 0 aromatic heterocycles. The molecule has 0 amide bonds. The molecule has 0 aliphatic carbocycles. The van der Waals surface area contributed by atoms with Gasteiger partial charge in [0.15, 0.2) is 0 Å². The summed E-state index contributed by atoms with van der Waals surface area (Å²) in [6.45, 7) is 6.64. The fraction of sp³-hybridized carbons (Fsp3) is 0.400. The first-order valence-corrected chi connectivity index (χ1v) is 5.35. The second kappa shape index (κ2) is 8.16. The SMILES string of the molecule is C=C(/C=C(I)\C=C/N)OCCCC. The molecule has 2 N–H and O–H groups in total. The lowest BCUT2D eigenvalue weighted by Gasteiger charge is -2.03. The topological polar surface area (TPSA) is 35.2 Å². The van der Waals surface area contributed by atoms with Crippen molar-refractivity contribution in [3.63, 3.8) is 0 Å². The van der Waals surface area contributed by atoms with Gasteiger partial charge in [0.2, 0.25) is 0 Å². The molecule has 3 heteroatoms. The van der Waals surface area contributed by atoms with E-state index in [1.807, 2.05) is 6.08 Å². The van der Waals surface area contributed by atoms with Gasteiger partial charge in [-0.05, 0) is 47.4 Å². The van der Waals surface area contributed by atoms with Gasteiger partial charge in [0.05, 0.1) is 6.61 Å². The Bertz CT molecular complexity index is 209. The van der Waals surface area contributed by atoms with E-state index in [1.165, 1.54) is 6.20 Å². The summed E-state index contributed by atoms with van der Waals surface area (Å²) in [5, 5.41) is 0. The molecule has 0 aliphatic rings. The molecule has 0 bridgehead atoms. The number of hydrogen-bond donors (Lipinski definition) is 1. The molecule has 0 spiro atoms. The smallest absolute Gasteiger partial charge is 0.113 e. The van der Waals surface area contributed by atoms with Crippen molar-refractivity contribution in [3.05, 3.63) is 34.3 Å². The van der Waals surface area contributed by atoms with Crippen LogP contribution in [0.1, 0.15) is 19.8 Å². The van der Waals surface area contributed by atoms with E-state index in [9.17, 15) is 0 Å². The first kappa shape index (κ1) is 12.6. The molecule has 0 rings (SSSR count). The number of rotatable bonds is 6. The van der Waals surface area contributed by atoms with Crippen molar-refractivity contribution >= 4 is 22.6 Å². The molecule has 0 fully saturated rings. The first-order chi connectivity index (χ1) is 6.20. The van der Waals surface area contributed by atoms with Gasteiger partial charge in [-0.15, -0.1) is 0 Å². The Balaban J connectivity index is 3.78. The highest BCUT2D eigenvalue weighted by Crippen LogP contribution is 2.11. The zero-order chi connectivity index (χ0) is 10.1. The molecule has 13 heavy (non-hydrogen) atoms. The highest BCUT2D eigenvalue weighted by molar-refractivity contribution is 14.1. The van der Waals surface area contributed by atoms with Crippen LogP contribution in [0, 0.1) is 0 Å². The van der Waals surface area contributed by atoms with Crippen molar-refractivity contribution in [3.8, 4) is 0 Å². The van der Waals surface area contributed by atoms with Gasteiger partial charge < -0.3 is 10.5 Å². The minimum Gasteiger partial charge on any atom is -0.494 e. The predicted octanol–water partition coefficient (Wildman–Crippen LogP) is 3.11. The quantitative estimate of drug-likeness (QED) is 0.353. The molecular weight excluding hydrogens is 277 g/mol. The lowest BCUT2D eigenvalue weighted by molar-refractivity contribution is 0.221. The molecule has 0 saturated carbocycles. The van der Waals surface area contributed by atoms with Gasteiger partial charge >= 0.3 is 0 Å². The summed E-state index contributed by atoms with van der Waals surface area (Å²) in [6.07, 6.45) is 7.36. The van der Waals surface area contributed by atoms with Crippen molar-refractivity contribution in [2.24, 2.45) is 5.73 Å². The lowest BCUT2D eigenvalue weighted by atomic mass is 10.3. The van der Waals surface area contributed by atoms with Crippen LogP contribution in [0.15, 0.2) is 34.3 Å². The van der Waals surface area contributed by atoms with Crippen molar-refractivity contribution in [2.75, 3.05) is 6.61 Å². The van der Waals surface area contributed by atoms with E-state index in [0.717, 1.165) is 23.0 Å². The number of halogens is 1. The van der Waals surface area contributed by atoms with Gasteiger partial charge in [0.1, 0.15) is 5.76 Å². The van der Waals surface area contributed by atoms with Crippen molar-refractivity contribution < 1.29 is 4.74 Å². The van der Waals surface area contributed by atoms with E-state index in [-0.39, 0.29) is 0 Å². The Hall–Kier alpha value is -0.450. The van der Waals surface area contributed by atoms with Crippen LogP contribution in [0.25, 0.3) is 0 Å². The number of allylic oxidation sites excluding steroid dienone is 3. The highest BCUT2D eigenvalue weighted by Gasteiger charge is 1.91. The molecule has 0 aromatic carbocycles. The van der Waals surface area contributed by atoms with Crippen LogP contribution in [-0.4, -0.2) is 6.61 Å². The van der Waals surface area contributed by atoms with Crippen LogP contribution >= 0.6 is 22.6 Å².